The summed E-state index contributed by atoms with van der Waals surface area (Å²) >= 11 is 0. The maximum absolute atomic E-state index is 6.35. The molecule has 0 amide bonds. The molecule has 0 saturated heterocycles. The van der Waals surface area contributed by atoms with Crippen LogP contribution in [0, 0.1) is 0 Å². The molecule has 4 nitrogen and oxygen atoms in total. The van der Waals surface area contributed by atoms with E-state index < -0.39 is 0 Å². The Hall–Kier alpha value is -6.91. The fourth-order valence-electron chi connectivity index (χ4n) is 7.14. The predicted octanol–water partition coefficient (Wildman–Crippen LogP) is 12.4. The number of rotatable bonds is 5. The molecule has 0 aliphatic heterocycles. The van der Waals surface area contributed by atoms with Crippen molar-refractivity contribution in [3.63, 3.8) is 0 Å². The first-order valence-electron chi connectivity index (χ1n) is 17.1. The molecule has 0 atom stereocenters. The molecule has 4 heteroatoms. The molecule has 0 radical (unpaired) electrons. The summed E-state index contributed by atoms with van der Waals surface area (Å²) in [5.41, 5.74) is 11.6. The highest BCUT2D eigenvalue weighted by atomic mass is 16.3. The Kier molecular flexibility index (Phi) is 6.78. The summed E-state index contributed by atoms with van der Waals surface area (Å²) in [5.74, 6) is 0.683. The summed E-state index contributed by atoms with van der Waals surface area (Å²) in [7, 11) is 0. The van der Waals surface area contributed by atoms with E-state index in [9.17, 15) is 0 Å². The second kappa shape index (κ2) is 11.9. The maximum Gasteiger partial charge on any atom is 0.160 e. The van der Waals surface area contributed by atoms with Gasteiger partial charge in [-0.2, -0.15) is 0 Å². The van der Waals surface area contributed by atoms with Gasteiger partial charge in [-0.3, -0.25) is 0 Å². The molecule has 0 aliphatic rings. The van der Waals surface area contributed by atoms with Crippen LogP contribution < -0.4 is 0 Å². The Morgan fingerprint density at radius 3 is 1.73 bits per heavy atom. The van der Waals surface area contributed by atoms with E-state index in [1.165, 1.54) is 11.1 Å². The highest BCUT2D eigenvalue weighted by Gasteiger charge is 2.17. The van der Waals surface area contributed by atoms with Crippen molar-refractivity contribution in [3.8, 4) is 56.3 Å². The topological polar surface area (TPSA) is 51.8 Å². The first kappa shape index (κ1) is 29.0. The zero-order valence-electron chi connectivity index (χ0n) is 27.5. The molecule has 238 valence electrons. The molecule has 3 heterocycles. The summed E-state index contributed by atoms with van der Waals surface area (Å²) in [4.78, 5) is 15.5. The fraction of sp³-hybridized carbons (Fsp3) is 0. The van der Waals surface area contributed by atoms with Crippen LogP contribution in [0.3, 0.4) is 0 Å². The first-order valence-corrected chi connectivity index (χ1v) is 17.1. The molecule has 10 rings (SSSR count). The number of aromatic nitrogens is 3. The minimum absolute atomic E-state index is 0.683. The molecule has 0 N–H and O–H groups in total. The van der Waals surface area contributed by atoms with Crippen LogP contribution in [0.25, 0.3) is 99.9 Å². The van der Waals surface area contributed by atoms with E-state index in [0.717, 1.165) is 82.9 Å². The van der Waals surface area contributed by atoms with Crippen molar-refractivity contribution in [2.75, 3.05) is 0 Å². The van der Waals surface area contributed by atoms with Crippen molar-refractivity contribution in [3.05, 3.63) is 176 Å². The molecule has 7 aromatic carbocycles. The van der Waals surface area contributed by atoms with Gasteiger partial charge in [-0.1, -0.05) is 140 Å². The van der Waals surface area contributed by atoms with Gasteiger partial charge in [0, 0.05) is 43.8 Å². The summed E-state index contributed by atoms with van der Waals surface area (Å²) in [6, 6.07) is 60.8. The predicted molar refractivity (Wildman–Crippen MR) is 209 cm³/mol. The van der Waals surface area contributed by atoms with Gasteiger partial charge in [0.15, 0.2) is 5.82 Å². The molecule has 0 unspecified atom stereocenters. The average Bonchev–Trinajstić information content (AvgIpc) is 3.58. The number of benzene rings is 7. The number of para-hydroxylation sites is 2. The van der Waals surface area contributed by atoms with Gasteiger partial charge in [0.05, 0.1) is 22.6 Å². The van der Waals surface area contributed by atoms with Crippen LogP contribution in [0.1, 0.15) is 0 Å². The van der Waals surface area contributed by atoms with Crippen molar-refractivity contribution < 1.29 is 4.42 Å². The molecular formula is C47H29N3O. The SMILES string of the molecule is c1ccc(-c2ccc(-c3cc(-c4cccc(-c5nc6ccccc6c6cc7c(cc56)oc5ccccc57)c4)nc(-c4ccccc4)n3)cc2)cc1. The fourth-order valence-corrected chi connectivity index (χ4v) is 7.14. The van der Waals surface area contributed by atoms with E-state index in [4.69, 9.17) is 19.4 Å². The van der Waals surface area contributed by atoms with Gasteiger partial charge in [0.25, 0.3) is 0 Å². The Morgan fingerprint density at radius 2 is 0.922 bits per heavy atom. The molecule has 51 heavy (non-hydrogen) atoms. The third-order valence-electron chi connectivity index (χ3n) is 9.68. The molecule has 0 spiro atoms. The number of hydrogen-bond acceptors (Lipinski definition) is 4. The summed E-state index contributed by atoms with van der Waals surface area (Å²) < 4.78 is 6.35. The molecule has 0 fully saturated rings. The standard InChI is InChI=1S/C47H29N3O/c1-3-12-30(13-4-1)31-22-24-32(25-23-31)42-29-43(50-47(49-42)33-14-5-2-6-15-33)34-16-11-17-35(26-34)46-40-28-45-39(37-19-8-10-21-44(37)51-45)27-38(40)36-18-7-9-20-41(36)48-46/h1-29H. The maximum atomic E-state index is 6.35. The summed E-state index contributed by atoms with van der Waals surface area (Å²) in [6.45, 7) is 0. The van der Waals surface area contributed by atoms with Crippen LogP contribution in [0.4, 0.5) is 0 Å². The van der Waals surface area contributed by atoms with Crippen molar-refractivity contribution in [1.29, 1.82) is 0 Å². The molecule has 0 saturated carbocycles. The summed E-state index contributed by atoms with van der Waals surface area (Å²) in [6.07, 6.45) is 0. The van der Waals surface area contributed by atoms with E-state index >= 15 is 0 Å². The Morgan fingerprint density at radius 1 is 0.314 bits per heavy atom. The number of pyridine rings is 1. The lowest BCUT2D eigenvalue weighted by atomic mass is 9.96. The molecule has 3 aromatic heterocycles. The van der Waals surface area contributed by atoms with Crippen LogP contribution in [0.15, 0.2) is 180 Å². The third kappa shape index (κ3) is 5.13. The van der Waals surface area contributed by atoms with Gasteiger partial charge in [-0.25, -0.2) is 15.0 Å². The average molecular weight is 652 g/mol. The number of fused-ring (bicyclic) bond motifs is 6. The van der Waals surface area contributed by atoms with Gasteiger partial charge in [0.2, 0.25) is 0 Å². The van der Waals surface area contributed by atoms with Crippen molar-refractivity contribution in [2.24, 2.45) is 0 Å². The van der Waals surface area contributed by atoms with Crippen LogP contribution in [0.5, 0.6) is 0 Å². The highest BCUT2D eigenvalue weighted by Crippen LogP contribution is 2.39. The van der Waals surface area contributed by atoms with Crippen LogP contribution in [-0.2, 0) is 0 Å². The van der Waals surface area contributed by atoms with Gasteiger partial charge in [-0.15, -0.1) is 0 Å². The van der Waals surface area contributed by atoms with Gasteiger partial charge in [-0.05, 0) is 52.9 Å². The lowest BCUT2D eigenvalue weighted by molar-refractivity contribution is 0.669. The lowest BCUT2D eigenvalue weighted by Gasteiger charge is -2.13. The second-order valence-electron chi connectivity index (χ2n) is 12.8. The number of hydrogen-bond donors (Lipinski definition) is 0. The lowest BCUT2D eigenvalue weighted by Crippen LogP contribution is -1.96. The zero-order chi connectivity index (χ0) is 33.7. The minimum atomic E-state index is 0.683. The van der Waals surface area contributed by atoms with Crippen LogP contribution in [0.2, 0.25) is 0 Å². The van der Waals surface area contributed by atoms with E-state index in [2.05, 4.69) is 133 Å². The normalized spacial score (nSPS) is 11.5. The van der Waals surface area contributed by atoms with Crippen LogP contribution >= 0.6 is 0 Å². The molecule has 0 bridgehead atoms. The van der Waals surface area contributed by atoms with Crippen LogP contribution in [-0.4, -0.2) is 15.0 Å². The quantitative estimate of drug-likeness (QED) is 0.174. The monoisotopic (exact) mass is 651 g/mol. The zero-order valence-corrected chi connectivity index (χ0v) is 27.5. The highest BCUT2D eigenvalue weighted by molar-refractivity contribution is 6.18. The Balaban J connectivity index is 1.14. The molecule has 10 aromatic rings. The van der Waals surface area contributed by atoms with E-state index in [0.29, 0.717) is 5.82 Å². The van der Waals surface area contributed by atoms with Crippen molar-refractivity contribution >= 4 is 43.6 Å². The van der Waals surface area contributed by atoms with Gasteiger partial charge in [0.1, 0.15) is 11.2 Å². The Bertz CT molecular complexity index is 2900. The smallest absolute Gasteiger partial charge is 0.160 e. The minimum Gasteiger partial charge on any atom is -0.456 e. The van der Waals surface area contributed by atoms with Crippen molar-refractivity contribution in [2.45, 2.75) is 0 Å². The third-order valence-corrected chi connectivity index (χ3v) is 9.68. The van der Waals surface area contributed by atoms with Gasteiger partial charge >= 0.3 is 0 Å². The Labute approximate surface area is 294 Å². The molecular weight excluding hydrogens is 623 g/mol. The summed E-state index contributed by atoms with van der Waals surface area (Å²) in [5, 5.41) is 5.53. The first-order chi connectivity index (χ1) is 25.2. The number of furan rings is 1. The van der Waals surface area contributed by atoms with Crippen molar-refractivity contribution in [1.82, 2.24) is 15.0 Å². The van der Waals surface area contributed by atoms with E-state index in [1.807, 2.05) is 42.5 Å². The largest absolute Gasteiger partial charge is 0.456 e. The second-order valence-corrected chi connectivity index (χ2v) is 12.8. The number of nitrogens with zero attached hydrogens (tertiary/aromatic N) is 3. The van der Waals surface area contributed by atoms with Gasteiger partial charge < -0.3 is 4.42 Å². The van der Waals surface area contributed by atoms with E-state index in [1.54, 1.807) is 0 Å². The molecule has 0 aliphatic carbocycles. The van der Waals surface area contributed by atoms with E-state index in [-0.39, 0.29) is 0 Å².